The van der Waals surface area contributed by atoms with Gasteiger partial charge in [0.2, 0.25) is 0 Å². The maximum atomic E-state index is 12.8. The van der Waals surface area contributed by atoms with Crippen molar-refractivity contribution < 1.29 is 13.2 Å². The van der Waals surface area contributed by atoms with Gasteiger partial charge in [0.1, 0.15) is 5.82 Å². The molecule has 140 valence electrons. The Morgan fingerprint density at radius 1 is 1.12 bits per heavy atom. The average molecular weight is 376 g/mol. The van der Waals surface area contributed by atoms with E-state index in [0.717, 1.165) is 5.56 Å². The zero-order valence-corrected chi connectivity index (χ0v) is 16.2. The first-order chi connectivity index (χ1) is 12.3. The predicted molar refractivity (Wildman–Crippen MR) is 98.4 cm³/mol. The minimum absolute atomic E-state index is 0.0540. The number of aromatic nitrogens is 2. The summed E-state index contributed by atoms with van der Waals surface area (Å²) in [4.78, 5) is 18.6. The van der Waals surface area contributed by atoms with Gasteiger partial charge in [-0.15, -0.1) is 0 Å². The summed E-state index contributed by atoms with van der Waals surface area (Å²) in [6, 6.07) is 7.47. The normalized spacial score (nSPS) is 16.5. The molecule has 1 aliphatic heterocycles. The molecule has 0 atom stereocenters. The van der Waals surface area contributed by atoms with Crippen molar-refractivity contribution in [3.8, 4) is 0 Å². The molecule has 1 aliphatic rings. The van der Waals surface area contributed by atoms with Crippen LogP contribution in [0.2, 0.25) is 0 Å². The first-order valence-electron chi connectivity index (χ1n) is 8.65. The lowest BCUT2D eigenvalue weighted by atomic mass is 10.1. The van der Waals surface area contributed by atoms with E-state index in [1.54, 1.807) is 29.5 Å². The van der Waals surface area contributed by atoms with Crippen LogP contribution in [0.3, 0.4) is 0 Å². The van der Waals surface area contributed by atoms with Crippen molar-refractivity contribution in [1.29, 1.82) is 0 Å². The fraction of sp³-hybridized carbons (Fsp3) is 0.444. The number of sulfonamides is 1. The van der Waals surface area contributed by atoms with Crippen molar-refractivity contribution in [2.75, 3.05) is 26.2 Å². The number of benzene rings is 1. The molecule has 0 unspecified atom stereocenters. The van der Waals surface area contributed by atoms with Gasteiger partial charge in [0.15, 0.2) is 5.03 Å². The molecule has 0 saturated carbocycles. The molecule has 0 spiro atoms. The molecule has 0 bridgehead atoms. The molecular weight excluding hydrogens is 352 g/mol. The lowest BCUT2D eigenvalue weighted by Crippen LogP contribution is -2.37. The minimum Gasteiger partial charge on any atom is -0.337 e. The summed E-state index contributed by atoms with van der Waals surface area (Å²) in [6.07, 6.45) is 2.13. The first kappa shape index (κ1) is 18.6. The highest BCUT2D eigenvalue weighted by atomic mass is 32.2. The molecule has 2 heterocycles. The minimum atomic E-state index is -3.64. The van der Waals surface area contributed by atoms with E-state index in [9.17, 15) is 13.2 Å². The summed E-state index contributed by atoms with van der Waals surface area (Å²) < 4.78 is 28.8. The second-order valence-corrected chi connectivity index (χ2v) is 8.54. The lowest BCUT2D eigenvalue weighted by molar-refractivity contribution is 0.0764. The topological polar surface area (TPSA) is 75.5 Å². The second-order valence-electron chi connectivity index (χ2n) is 6.66. The van der Waals surface area contributed by atoms with E-state index in [1.807, 2.05) is 25.1 Å². The number of aryl methyl sites for hydroxylation is 3. The van der Waals surface area contributed by atoms with E-state index in [4.69, 9.17) is 0 Å². The number of carbonyl (C=O) groups excluding carboxylic acids is 1. The molecule has 1 aromatic heterocycles. The third kappa shape index (κ3) is 3.66. The van der Waals surface area contributed by atoms with Crippen LogP contribution in [-0.4, -0.2) is 59.3 Å². The van der Waals surface area contributed by atoms with E-state index >= 15 is 0 Å². The molecule has 8 heteroatoms. The standard InChI is InChI=1S/C18H24N4O3S/c1-14-6-4-7-16(12-14)18(23)21-8-5-9-22(11-10-21)26(24,25)17-13-20(3)15(2)19-17/h4,6-7,12-13H,5,8-11H2,1-3H3. The molecule has 7 nitrogen and oxygen atoms in total. The van der Waals surface area contributed by atoms with Crippen LogP contribution >= 0.6 is 0 Å². The van der Waals surface area contributed by atoms with Crippen LogP contribution in [0.25, 0.3) is 0 Å². The fourth-order valence-electron chi connectivity index (χ4n) is 3.08. The van der Waals surface area contributed by atoms with Gasteiger partial charge in [0, 0.05) is 45.0 Å². The van der Waals surface area contributed by atoms with E-state index in [-0.39, 0.29) is 17.5 Å². The summed E-state index contributed by atoms with van der Waals surface area (Å²) in [7, 11) is -1.87. The molecule has 1 saturated heterocycles. The van der Waals surface area contributed by atoms with Crippen LogP contribution < -0.4 is 0 Å². The van der Waals surface area contributed by atoms with Gasteiger partial charge in [-0.3, -0.25) is 4.79 Å². The van der Waals surface area contributed by atoms with E-state index < -0.39 is 10.0 Å². The number of amides is 1. The molecule has 26 heavy (non-hydrogen) atoms. The summed E-state index contributed by atoms with van der Waals surface area (Å²) in [6.45, 7) is 5.29. The average Bonchev–Trinajstić information content (AvgIpc) is 2.82. The van der Waals surface area contributed by atoms with Crippen LogP contribution in [0.15, 0.2) is 35.5 Å². The molecule has 0 N–H and O–H groups in total. The number of nitrogens with zero attached hydrogens (tertiary/aromatic N) is 4. The van der Waals surface area contributed by atoms with Gasteiger partial charge in [-0.1, -0.05) is 17.7 Å². The van der Waals surface area contributed by atoms with Crippen LogP contribution in [0, 0.1) is 13.8 Å². The zero-order valence-electron chi connectivity index (χ0n) is 15.3. The predicted octanol–water partition coefficient (Wildman–Crippen LogP) is 1.57. The van der Waals surface area contributed by atoms with Crippen LogP contribution in [0.4, 0.5) is 0 Å². The van der Waals surface area contributed by atoms with Gasteiger partial charge in [-0.05, 0) is 32.4 Å². The Morgan fingerprint density at radius 2 is 1.88 bits per heavy atom. The third-order valence-corrected chi connectivity index (χ3v) is 6.47. The van der Waals surface area contributed by atoms with Gasteiger partial charge in [0.05, 0.1) is 0 Å². The molecule has 0 radical (unpaired) electrons. The number of imidazole rings is 1. The van der Waals surface area contributed by atoms with Crippen molar-refractivity contribution in [3.05, 3.63) is 47.4 Å². The number of hydrogen-bond donors (Lipinski definition) is 0. The van der Waals surface area contributed by atoms with Crippen LogP contribution in [0.5, 0.6) is 0 Å². The maximum Gasteiger partial charge on any atom is 0.262 e. The highest BCUT2D eigenvalue weighted by Gasteiger charge is 2.30. The van der Waals surface area contributed by atoms with E-state index in [0.29, 0.717) is 37.4 Å². The van der Waals surface area contributed by atoms with Gasteiger partial charge in [-0.2, -0.15) is 4.31 Å². The van der Waals surface area contributed by atoms with Gasteiger partial charge in [0.25, 0.3) is 15.9 Å². The first-order valence-corrected chi connectivity index (χ1v) is 10.1. The Bertz CT molecular complexity index is 901. The zero-order chi connectivity index (χ0) is 18.9. The highest BCUT2D eigenvalue weighted by molar-refractivity contribution is 7.89. The maximum absolute atomic E-state index is 12.8. The lowest BCUT2D eigenvalue weighted by Gasteiger charge is -2.21. The molecule has 1 amide bonds. The summed E-state index contributed by atoms with van der Waals surface area (Å²) in [5.41, 5.74) is 1.67. The smallest absolute Gasteiger partial charge is 0.262 e. The Hall–Kier alpha value is -2.19. The molecule has 3 rings (SSSR count). The van der Waals surface area contributed by atoms with E-state index in [2.05, 4.69) is 4.98 Å². The Kier molecular flexibility index (Phi) is 5.15. The monoisotopic (exact) mass is 376 g/mol. The highest BCUT2D eigenvalue weighted by Crippen LogP contribution is 2.18. The Labute approximate surface area is 154 Å². The summed E-state index contributed by atoms with van der Waals surface area (Å²) in [5, 5.41) is 0.0657. The Morgan fingerprint density at radius 3 is 2.54 bits per heavy atom. The van der Waals surface area contributed by atoms with Crippen LogP contribution in [0.1, 0.15) is 28.2 Å². The van der Waals surface area contributed by atoms with Gasteiger partial charge >= 0.3 is 0 Å². The SMILES string of the molecule is Cc1cccc(C(=O)N2CCCN(S(=O)(=O)c3cn(C)c(C)n3)CC2)c1. The van der Waals surface area contributed by atoms with Crippen molar-refractivity contribution >= 4 is 15.9 Å². The Balaban J connectivity index is 1.74. The van der Waals surface area contributed by atoms with Crippen molar-refractivity contribution in [1.82, 2.24) is 18.8 Å². The number of carbonyl (C=O) groups is 1. The third-order valence-electron chi connectivity index (χ3n) is 4.70. The summed E-state index contributed by atoms with van der Waals surface area (Å²) in [5.74, 6) is 0.594. The molecule has 1 aromatic carbocycles. The molecule has 1 fully saturated rings. The largest absolute Gasteiger partial charge is 0.337 e. The van der Waals surface area contributed by atoms with E-state index in [1.165, 1.54) is 10.5 Å². The van der Waals surface area contributed by atoms with Crippen molar-refractivity contribution in [2.24, 2.45) is 7.05 Å². The van der Waals surface area contributed by atoms with Crippen LogP contribution in [-0.2, 0) is 17.1 Å². The second kappa shape index (κ2) is 7.20. The molecule has 2 aromatic rings. The van der Waals surface area contributed by atoms with Gasteiger partial charge in [-0.25, -0.2) is 13.4 Å². The number of rotatable bonds is 3. The molecular formula is C18H24N4O3S. The van der Waals surface area contributed by atoms with Crippen molar-refractivity contribution in [3.63, 3.8) is 0 Å². The fourth-order valence-corrected chi connectivity index (χ4v) is 4.58. The quantitative estimate of drug-likeness (QED) is 0.815. The summed E-state index contributed by atoms with van der Waals surface area (Å²) >= 11 is 0. The van der Waals surface area contributed by atoms with Gasteiger partial charge < -0.3 is 9.47 Å². The number of hydrogen-bond acceptors (Lipinski definition) is 4. The molecule has 0 aliphatic carbocycles. The van der Waals surface area contributed by atoms with Crippen molar-refractivity contribution in [2.45, 2.75) is 25.3 Å².